The molecular formula is C37H37ClN2O8. The first kappa shape index (κ1) is 32.7. The Morgan fingerprint density at radius 2 is 1.38 bits per heavy atom. The number of hydrogen-bond acceptors (Lipinski definition) is 10. The molecule has 0 atom stereocenters. The average Bonchev–Trinajstić information content (AvgIpc) is 3.50. The molecule has 250 valence electrons. The predicted molar refractivity (Wildman–Crippen MR) is 187 cm³/mol. The van der Waals surface area contributed by atoms with E-state index in [4.69, 9.17) is 44.4 Å². The van der Waals surface area contributed by atoms with Crippen LogP contribution in [0.3, 0.4) is 0 Å². The molecule has 1 aliphatic heterocycles. The molecule has 0 fully saturated rings. The van der Waals surface area contributed by atoms with Gasteiger partial charge in [-0.3, -0.25) is 4.79 Å². The molecule has 1 aliphatic rings. The molecule has 0 spiro atoms. The second-order valence-electron chi connectivity index (χ2n) is 11.2. The number of benzene rings is 4. The molecule has 0 radical (unpaired) electrons. The summed E-state index contributed by atoms with van der Waals surface area (Å²) < 4.78 is 40.4. The van der Waals surface area contributed by atoms with Gasteiger partial charge in [0, 0.05) is 22.7 Å². The van der Waals surface area contributed by atoms with E-state index in [1.165, 1.54) is 35.5 Å². The third-order valence-electron chi connectivity index (χ3n) is 8.43. The van der Waals surface area contributed by atoms with Crippen LogP contribution in [0.4, 0.5) is 11.4 Å². The van der Waals surface area contributed by atoms with E-state index < -0.39 is 5.66 Å². The van der Waals surface area contributed by atoms with E-state index in [9.17, 15) is 4.79 Å². The number of fused-ring (bicyclic) bond motifs is 2. The van der Waals surface area contributed by atoms with Crippen LogP contribution in [-0.4, -0.2) is 42.2 Å². The fraction of sp³-hybridized carbons (Fsp3) is 0.270. The number of para-hydroxylation sites is 2. The van der Waals surface area contributed by atoms with Crippen molar-refractivity contribution in [3.05, 3.63) is 93.6 Å². The van der Waals surface area contributed by atoms with Crippen molar-refractivity contribution in [2.45, 2.75) is 24.9 Å². The van der Waals surface area contributed by atoms with Crippen molar-refractivity contribution < 1.29 is 32.8 Å². The van der Waals surface area contributed by atoms with Gasteiger partial charge >= 0.3 is 0 Å². The normalized spacial score (nSPS) is 12.9. The zero-order valence-electron chi connectivity index (χ0n) is 27.4. The maximum absolute atomic E-state index is 14.2. The van der Waals surface area contributed by atoms with Gasteiger partial charge in [0.1, 0.15) is 28.1 Å². The Kier molecular flexibility index (Phi) is 9.45. The van der Waals surface area contributed by atoms with Gasteiger partial charge in [0.15, 0.2) is 17.3 Å². The fourth-order valence-corrected chi connectivity index (χ4v) is 6.19. The molecule has 2 N–H and O–H groups in total. The summed E-state index contributed by atoms with van der Waals surface area (Å²) in [5, 5.41) is 8.28. The molecule has 11 heteroatoms. The third kappa shape index (κ3) is 6.11. The van der Waals surface area contributed by atoms with Gasteiger partial charge in [-0.15, -0.1) is 0 Å². The number of halogens is 1. The van der Waals surface area contributed by atoms with Crippen molar-refractivity contribution in [2.24, 2.45) is 0 Å². The fourth-order valence-electron chi connectivity index (χ4n) is 6.06. The van der Waals surface area contributed by atoms with Crippen LogP contribution in [0.2, 0.25) is 5.02 Å². The van der Waals surface area contributed by atoms with E-state index in [-0.39, 0.29) is 34.5 Å². The monoisotopic (exact) mass is 672 g/mol. The van der Waals surface area contributed by atoms with E-state index in [0.717, 1.165) is 29.8 Å². The van der Waals surface area contributed by atoms with Crippen molar-refractivity contribution in [1.82, 2.24) is 0 Å². The van der Waals surface area contributed by atoms with Gasteiger partial charge in [0.25, 0.3) is 0 Å². The average molecular weight is 673 g/mol. The highest BCUT2D eigenvalue weighted by Gasteiger charge is 2.37. The van der Waals surface area contributed by atoms with Crippen molar-refractivity contribution >= 4 is 33.9 Å². The Balaban J connectivity index is 1.32. The zero-order chi connectivity index (χ0) is 33.8. The Labute approximate surface area is 283 Å². The number of methoxy groups -OCH3 is 5. The standard InChI is InChI=1S/C37H37ClN2O8/c1-42-25-20-28(43-2)32-29(21-25)48-34(22-18-30(44-3)35(46-5)31(19-22)45-4)36(33(32)41)47-17-9-8-16-37(23-12-14-24(38)15-13-23)39-26-10-6-7-11-27(26)40-37/h6-7,10-15,18-21,39-40H,8-9,16-17H2,1-5H3. The molecule has 0 bridgehead atoms. The van der Waals surface area contributed by atoms with Gasteiger partial charge in [-0.05, 0) is 61.2 Å². The van der Waals surface area contributed by atoms with Crippen molar-refractivity contribution in [2.75, 3.05) is 52.8 Å². The lowest BCUT2D eigenvalue weighted by atomic mass is 9.94. The van der Waals surface area contributed by atoms with Gasteiger partial charge in [0.2, 0.25) is 16.9 Å². The van der Waals surface area contributed by atoms with Crippen molar-refractivity contribution in [3.63, 3.8) is 0 Å². The highest BCUT2D eigenvalue weighted by atomic mass is 35.5. The molecule has 1 aromatic heterocycles. The molecule has 4 aromatic carbocycles. The quantitative estimate of drug-likeness (QED) is 0.119. The number of hydrogen-bond donors (Lipinski definition) is 2. The highest BCUT2D eigenvalue weighted by Crippen LogP contribution is 2.45. The van der Waals surface area contributed by atoms with Crippen LogP contribution < -0.4 is 44.5 Å². The van der Waals surface area contributed by atoms with Crippen LogP contribution in [0.5, 0.6) is 34.5 Å². The molecule has 2 heterocycles. The van der Waals surface area contributed by atoms with Gasteiger partial charge in [-0.2, -0.15) is 0 Å². The summed E-state index contributed by atoms with van der Waals surface area (Å²) in [6.07, 6.45) is 2.13. The number of ether oxygens (including phenoxy) is 6. The first-order valence-corrected chi connectivity index (χ1v) is 15.8. The lowest BCUT2D eigenvalue weighted by molar-refractivity contribution is 0.292. The largest absolute Gasteiger partial charge is 0.496 e. The maximum Gasteiger partial charge on any atom is 0.239 e. The van der Waals surface area contributed by atoms with E-state index >= 15 is 0 Å². The molecular weight excluding hydrogens is 636 g/mol. The topological polar surface area (TPSA) is 110 Å². The Morgan fingerprint density at radius 3 is 1.96 bits per heavy atom. The highest BCUT2D eigenvalue weighted by molar-refractivity contribution is 6.30. The SMILES string of the molecule is COc1cc(OC)c2c(=O)c(OCCCCC3(c4ccc(Cl)cc4)Nc4ccccc4N3)c(-c3cc(OC)c(OC)c(OC)c3)oc2c1. The number of unbranched alkanes of at least 4 members (excludes halogenated alkanes) is 1. The second kappa shape index (κ2) is 13.9. The summed E-state index contributed by atoms with van der Waals surface area (Å²) in [6.45, 7) is 0.246. The Hall–Kier alpha value is -5.22. The maximum atomic E-state index is 14.2. The summed E-state index contributed by atoms with van der Waals surface area (Å²) in [5.41, 5.74) is 2.97. The molecule has 48 heavy (non-hydrogen) atoms. The minimum Gasteiger partial charge on any atom is -0.496 e. The smallest absolute Gasteiger partial charge is 0.239 e. The molecule has 0 aliphatic carbocycles. The molecule has 10 nitrogen and oxygen atoms in total. The Morgan fingerprint density at radius 1 is 0.729 bits per heavy atom. The number of anilines is 2. The minimum absolute atomic E-state index is 0.0391. The van der Waals surface area contributed by atoms with Crippen molar-refractivity contribution in [1.29, 1.82) is 0 Å². The molecule has 5 aromatic rings. The summed E-state index contributed by atoms with van der Waals surface area (Å²) in [4.78, 5) is 14.2. The first-order chi connectivity index (χ1) is 23.3. The lowest BCUT2D eigenvalue weighted by Gasteiger charge is -2.32. The number of rotatable bonds is 13. The molecule has 6 rings (SSSR count). The third-order valence-corrected chi connectivity index (χ3v) is 8.68. The van der Waals surface area contributed by atoms with Gasteiger partial charge in [-0.25, -0.2) is 0 Å². The summed E-state index contributed by atoms with van der Waals surface area (Å²) in [5.74, 6) is 2.22. The lowest BCUT2D eigenvalue weighted by Crippen LogP contribution is -2.38. The van der Waals surface area contributed by atoms with Gasteiger partial charge < -0.3 is 43.5 Å². The summed E-state index contributed by atoms with van der Waals surface area (Å²) in [7, 11) is 7.59. The van der Waals surface area contributed by atoms with Crippen LogP contribution in [0.15, 0.2) is 82.0 Å². The first-order valence-electron chi connectivity index (χ1n) is 15.4. The van der Waals surface area contributed by atoms with Crippen molar-refractivity contribution in [3.8, 4) is 45.8 Å². The van der Waals surface area contributed by atoms with Crippen LogP contribution in [0, 0.1) is 0 Å². The summed E-state index contributed by atoms with van der Waals surface area (Å²) in [6, 6.07) is 22.6. The molecule has 0 saturated heterocycles. The minimum atomic E-state index is -0.538. The molecule has 0 amide bonds. The van der Waals surface area contributed by atoms with Crippen LogP contribution >= 0.6 is 11.6 Å². The van der Waals surface area contributed by atoms with E-state index in [1.54, 1.807) is 24.3 Å². The van der Waals surface area contributed by atoms with Gasteiger partial charge in [-0.1, -0.05) is 35.9 Å². The van der Waals surface area contributed by atoms with E-state index in [1.807, 2.05) is 36.4 Å². The Bertz CT molecular complexity index is 1940. The van der Waals surface area contributed by atoms with E-state index in [0.29, 0.717) is 45.8 Å². The van der Waals surface area contributed by atoms with Crippen LogP contribution in [-0.2, 0) is 5.66 Å². The summed E-state index contributed by atoms with van der Waals surface area (Å²) >= 11 is 6.22. The molecule has 0 unspecified atom stereocenters. The predicted octanol–water partition coefficient (Wildman–Crippen LogP) is 8.10. The van der Waals surface area contributed by atoms with E-state index in [2.05, 4.69) is 22.8 Å². The van der Waals surface area contributed by atoms with Gasteiger partial charge in [0.05, 0.1) is 53.5 Å². The van der Waals surface area contributed by atoms with Crippen LogP contribution in [0.25, 0.3) is 22.3 Å². The molecule has 0 saturated carbocycles. The zero-order valence-corrected chi connectivity index (χ0v) is 28.2. The second-order valence-corrected chi connectivity index (χ2v) is 11.7. The van der Waals surface area contributed by atoms with Crippen LogP contribution in [0.1, 0.15) is 24.8 Å². The number of nitrogens with one attached hydrogen (secondary N) is 2.